The molecule has 2 fully saturated rings. The van der Waals surface area contributed by atoms with Gasteiger partial charge in [0.05, 0.1) is 30.9 Å². The van der Waals surface area contributed by atoms with Crippen molar-refractivity contribution < 1.29 is 14.2 Å². The van der Waals surface area contributed by atoms with E-state index in [4.69, 9.17) is 25.8 Å². The lowest BCUT2D eigenvalue weighted by molar-refractivity contribution is 0.0275. The fourth-order valence-corrected chi connectivity index (χ4v) is 2.44. The number of halogens is 1. The number of ether oxygens (including phenoxy) is 3. The quantitative estimate of drug-likeness (QED) is 0.922. The van der Waals surface area contributed by atoms with Gasteiger partial charge in [-0.2, -0.15) is 0 Å². The molecule has 1 N–H and O–H groups in total. The monoisotopic (exact) mass is 283 g/mol. The highest BCUT2D eigenvalue weighted by molar-refractivity contribution is 6.32. The zero-order valence-corrected chi connectivity index (χ0v) is 11.7. The molecule has 3 rings (SSSR count). The van der Waals surface area contributed by atoms with Crippen LogP contribution >= 0.6 is 11.6 Å². The Hall–Kier alpha value is -0.970. The second-order valence-corrected chi connectivity index (χ2v) is 5.32. The van der Waals surface area contributed by atoms with E-state index in [2.05, 4.69) is 5.32 Å². The first-order chi connectivity index (χ1) is 9.28. The predicted octanol–water partition coefficient (Wildman–Crippen LogP) is 2.55. The van der Waals surface area contributed by atoms with Crippen molar-refractivity contribution in [3.05, 3.63) is 22.7 Å². The molecule has 0 radical (unpaired) electrons. The Bertz CT molecular complexity index is 456. The highest BCUT2D eigenvalue weighted by Crippen LogP contribution is 2.41. The van der Waals surface area contributed by atoms with Crippen LogP contribution in [0.4, 0.5) is 0 Å². The van der Waals surface area contributed by atoms with Crippen LogP contribution in [0.25, 0.3) is 0 Å². The SMILES string of the molecule is COc1cc(C2CNCCO2)cc(Cl)c1OC1CC1. The fraction of sp³-hybridized carbons (Fsp3) is 0.571. The fourth-order valence-electron chi connectivity index (χ4n) is 2.17. The zero-order valence-electron chi connectivity index (χ0n) is 10.9. The lowest BCUT2D eigenvalue weighted by atomic mass is 10.1. The van der Waals surface area contributed by atoms with Crippen molar-refractivity contribution >= 4 is 11.6 Å². The van der Waals surface area contributed by atoms with Gasteiger partial charge in [0.2, 0.25) is 0 Å². The van der Waals surface area contributed by atoms with Crippen LogP contribution in [0.5, 0.6) is 11.5 Å². The highest BCUT2D eigenvalue weighted by atomic mass is 35.5. The average molecular weight is 284 g/mol. The predicted molar refractivity (Wildman–Crippen MR) is 73.2 cm³/mol. The first-order valence-electron chi connectivity index (χ1n) is 6.64. The normalized spacial score (nSPS) is 23.2. The molecule has 0 aromatic heterocycles. The maximum atomic E-state index is 6.32. The van der Waals surface area contributed by atoms with Gasteiger partial charge < -0.3 is 19.5 Å². The van der Waals surface area contributed by atoms with Gasteiger partial charge in [0.25, 0.3) is 0 Å². The van der Waals surface area contributed by atoms with Crippen molar-refractivity contribution in [1.82, 2.24) is 5.32 Å². The first-order valence-corrected chi connectivity index (χ1v) is 7.02. The lowest BCUT2D eigenvalue weighted by Gasteiger charge is -2.25. The minimum atomic E-state index is 0.0233. The zero-order chi connectivity index (χ0) is 13.2. The minimum Gasteiger partial charge on any atom is -0.493 e. The molecule has 1 saturated heterocycles. The summed E-state index contributed by atoms with van der Waals surface area (Å²) < 4.78 is 16.9. The molecule has 1 aromatic rings. The molecule has 0 amide bonds. The smallest absolute Gasteiger partial charge is 0.180 e. The van der Waals surface area contributed by atoms with Gasteiger partial charge in [0, 0.05) is 13.1 Å². The summed E-state index contributed by atoms with van der Waals surface area (Å²) in [6.07, 6.45) is 2.51. The second kappa shape index (κ2) is 5.57. The largest absolute Gasteiger partial charge is 0.493 e. The van der Waals surface area contributed by atoms with E-state index in [1.807, 2.05) is 12.1 Å². The number of hydrogen-bond acceptors (Lipinski definition) is 4. The molecule has 4 nitrogen and oxygen atoms in total. The van der Waals surface area contributed by atoms with Crippen molar-refractivity contribution in [2.75, 3.05) is 26.8 Å². The maximum absolute atomic E-state index is 6.32. The van der Waals surface area contributed by atoms with Gasteiger partial charge in [-0.15, -0.1) is 0 Å². The van der Waals surface area contributed by atoms with Crippen molar-refractivity contribution in [2.24, 2.45) is 0 Å². The maximum Gasteiger partial charge on any atom is 0.180 e. The van der Waals surface area contributed by atoms with Gasteiger partial charge in [0.15, 0.2) is 11.5 Å². The van der Waals surface area contributed by atoms with Gasteiger partial charge in [0.1, 0.15) is 0 Å². The molecule has 1 aliphatic heterocycles. The first kappa shape index (κ1) is 13.0. The van der Waals surface area contributed by atoms with Crippen molar-refractivity contribution in [3.8, 4) is 11.5 Å². The van der Waals surface area contributed by atoms with Gasteiger partial charge in [-0.1, -0.05) is 11.6 Å². The Morgan fingerprint density at radius 2 is 2.21 bits per heavy atom. The van der Waals surface area contributed by atoms with Crippen LogP contribution < -0.4 is 14.8 Å². The topological polar surface area (TPSA) is 39.7 Å². The molecule has 0 spiro atoms. The van der Waals surface area contributed by atoms with Gasteiger partial charge in [-0.25, -0.2) is 0 Å². The summed E-state index contributed by atoms with van der Waals surface area (Å²) in [5.74, 6) is 1.34. The van der Waals surface area contributed by atoms with Crippen molar-refractivity contribution in [3.63, 3.8) is 0 Å². The Kier molecular flexibility index (Phi) is 3.82. The van der Waals surface area contributed by atoms with Crippen LogP contribution in [-0.2, 0) is 4.74 Å². The standard InChI is InChI=1S/C14H18ClNO3/c1-17-12-7-9(13-8-16-4-5-18-13)6-11(15)14(12)19-10-2-3-10/h6-7,10,13,16H,2-5,8H2,1H3. The molecule has 2 aliphatic rings. The summed E-state index contributed by atoms with van der Waals surface area (Å²) in [5.41, 5.74) is 1.03. The number of morpholine rings is 1. The Morgan fingerprint density at radius 1 is 1.37 bits per heavy atom. The van der Waals surface area contributed by atoms with Crippen LogP contribution in [-0.4, -0.2) is 32.9 Å². The lowest BCUT2D eigenvalue weighted by Crippen LogP contribution is -2.33. The molecule has 19 heavy (non-hydrogen) atoms. The molecule has 0 bridgehead atoms. The third-order valence-electron chi connectivity index (χ3n) is 3.36. The Labute approximate surface area is 118 Å². The molecule has 1 aliphatic carbocycles. The molecule has 104 valence electrons. The van der Waals surface area contributed by atoms with Crippen molar-refractivity contribution in [1.29, 1.82) is 0 Å². The summed E-state index contributed by atoms with van der Waals surface area (Å²) in [6, 6.07) is 3.88. The summed E-state index contributed by atoms with van der Waals surface area (Å²) in [5, 5.41) is 3.90. The van der Waals surface area contributed by atoms with E-state index in [1.165, 1.54) is 0 Å². The van der Waals surface area contributed by atoms with Gasteiger partial charge >= 0.3 is 0 Å². The average Bonchev–Trinajstić information content (AvgIpc) is 3.26. The van der Waals surface area contributed by atoms with Crippen molar-refractivity contribution in [2.45, 2.75) is 25.0 Å². The van der Waals surface area contributed by atoms with Crippen LogP contribution in [0.2, 0.25) is 5.02 Å². The van der Waals surface area contributed by atoms with Gasteiger partial charge in [-0.3, -0.25) is 0 Å². The third kappa shape index (κ3) is 2.96. The van der Waals surface area contributed by atoms with E-state index in [-0.39, 0.29) is 6.10 Å². The number of hydrogen-bond donors (Lipinski definition) is 1. The van der Waals surface area contributed by atoms with Crippen LogP contribution in [0.3, 0.4) is 0 Å². The molecule has 1 heterocycles. The molecular weight excluding hydrogens is 266 g/mol. The molecule has 1 saturated carbocycles. The summed E-state index contributed by atoms with van der Waals surface area (Å²) >= 11 is 6.32. The summed E-state index contributed by atoms with van der Waals surface area (Å²) in [4.78, 5) is 0. The van der Waals surface area contributed by atoms with Crippen LogP contribution in [0.1, 0.15) is 24.5 Å². The minimum absolute atomic E-state index is 0.0233. The number of nitrogens with one attached hydrogen (secondary N) is 1. The molecule has 1 aromatic carbocycles. The van der Waals surface area contributed by atoms with E-state index >= 15 is 0 Å². The second-order valence-electron chi connectivity index (χ2n) is 4.91. The molecular formula is C14H18ClNO3. The third-order valence-corrected chi connectivity index (χ3v) is 3.64. The van der Waals surface area contributed by atoms with E-state index in [1.54, 1.807) is 7.11 Å². The van der Waals surface area contributed by atoms with E-state index in [9.17, 15) is 0 Å². The molecule has 1 unspecified atom stereocenters. The number of methoxy groups -OCH3 is 1. The highest BCUT2D eigenvalue weighted by Gasteiger charge is 2.27. The molecule has 5 heteroatoms. The number of benzene rings is 1. The summed E-state index contributed by atoms with van der Waals surface area (Å²) in [6.45, 7) is 2.40. The molecule has 1 atom stereocenters. The van der Waals surface area contributed by atoms with E-state index in [0.717, 1.165) is 31.5 Å². The van der Waals surface area contributed by atoms with Crippen LogP contribution in [0, 0.1) is 0 Å². The Morgan fingerprint density at radius 3 is 2.84 bits per heavy atom. The van der Waals surface area contributed by atoms with Crippen LogP contribution in [0.15, 0.2) is 12.1 Å². The summed E-state index contributed by atoms with van der Waals surface area (Å²) in [7, 11) is 1.63. The van der Waals surface area contributed by atoms with Gasteiger partial charge in [-0.05, 0) is 30.5 Å². The van der Waals surface area contributed by atoms with E-state index < -0.39 is 0 Å². The Balaban J connectivity index is 1.86. The number of rotatable bonds is 4. The van der Waals surface area contributed by atoms with E-state index in [0.29, 0.717) is 29.2 Å².